The third kappa shape index (κ3) is 5.22. The van der Waals surface area contributed by atoms with Crippen molar-refractivity contribution in [3.63, 3.8) is 0 Å². The zero-order chi connectivity index (χ0) is 21.8. The maximum absolute atomic E-state index is 13.1. The van der Waals surface area contributed by atoms with E-state index in [4.69, 9.17) is 4.74 Å². The Balaban J connectivity index is 1.28. The second-order valence-corrected chi connectivity index (χ2v) is 10.2. The van der Waals surface area contributed by atoms with Gasteiger partial charge in [0.05, 0.1) is 23.3 Å². The number of benzene rings is 1. The molecule has 31 heavy (non-hydrogen) atoms. The molecule has 2 aliphatic heterocycles. The van der Waals surface area contributed by atoms with Gasteiger partial charge in [0.25, 0.3) is 0 Å². The third-order valence-electron chi connectivity index (χ3n) is 5.27. The highest BCUT2D eigenvalue weighted by Crippen LogP contribution is 2.21. The Morgan fingerprint density at radius 3 is 2.61 bits per heavy atom. The Labute approximate surface area is 183 Å². The monoisotopic (exact) mass is 470 g/mol. The van der Waals surface area contributed by atoms with E-state index in [1.807, 2.05) is 0 Å². The van der Waals surface area contributed by atoms with E-state index in [2.05, 4.69) is 15.5 Å². The molecular weight excluding hydrogens is 447 g/mol. The second kappa shape index (κ2) is 9.59. The number of carbonyl (C=O) groups excluding carboxylic acids is 1. The molecule has 1 atom stereocenters. The van der Waals surface area contributed by atoms with E-state index in [1.54, 1.807) is 9.58 Å². The van der Waals surface area contributed by atoms with Crippen LogP contribution in [0.3, 0.4) is 0 Å². The van der Waals surface area contributed by atoms with Crippen LogP contribution in [-0.4, -0.2) is 88.4 Å². The Morgan fingerprint density at radius 1 is 1.19 bits per heavy atom. The van der Waals surface area contributed by atoms with Crippen LogP contribution in [0.2, 0.25) is 0 Å². The summed E-state index contributed by atoms with van der Waals surface area (Å²) in [6.45, 7) is 2.27. The molecule has 1 unspecified atom stereocenters. The molecule has 10 nitrogen and oxygen atoms in total. The minimum absolute atomic E-state index is 0.0438. The maximum atomic E-state index is 13.1. The number of sulfonamides is 1. The highest BCUT2D eigenvalue weighted by atomic mass is 32.2. The second-order valence-electron chi connectivity index (χ2n) is 7.31. The highest BCUT2D eigenvalue weighted by molar-refractivity contribution is 7.99. The predicted molar refractivity (Wildman–Crippen MR) is 109 cm³/mol. The number of nitrogens with zero attached hydrogens (tertiary/aromatic N) is 6. The lowest BCUT2D eigenvalue weighted by Gasteiger charge is -2.34. The van der Waals surface area contributed by atoms with Gasteiger partial charge in [0.15, 0.2) is 0 Å². The first-order valence-corrected chi connectivity index (χ1v) is 12.4. The molecule has 2 saturated heterocycles. The van der Waals surface area contributed by atoms with Crippen LogP contribution >= 0.6 is 11.8 Å². The standard InChI is InChI=1S/C18H23FN6O4S2/c19-14-3-5-16(6-4-14)31(27,28)24-9-7-23(8-10-24)17(26)13-30-18-20-21-22-25(18)12-15-2-1-11-29-15/h3-6,15H,1-2,7-13H2. The minimum Gasteiger partial charge on any atom is -0.376 e. The van der Waals surface area contributed by atoms with E-state index in [-0.39, 0.29) is 35.7 Å². The first kappa shape index (κ1) is 22.1. The van der Waals surface area contributed by atoms with Gasteiger partial charge in [-0.1, -0.05) is 11.8 Å². The van der Waals surface area contributed by atoms with Crippen LogP contribution in [0.1, 0.15) is 12.8 Å². The normalized spacial score (nSPS) is 20.3. The van der Waals surface area contributed by atoms with Gasteiger partial charge in [0.1, 0.15) is 5.82 Å². The molecule has 0 spiro atoms. The fraction of sp³-hybridized carbons (Fsp3) is 0.556. The number of amides is 1. The van der Waals surface area contributed by atoms with Gasteiger partial charge in [-0.2, -0.15) is 4.31 Å². The molecule has 2 aliphatic rings. The van der Waals surface area contributed by atoms with E-state index in [0.717, 1.165) is 31.6 Å². The molecule has 0 bridgehead atoms. The van der Waals surface area contributed by atoms with Crippen molar-refractivity contribution in [1.82, 2.24) is 29.4 Å². The van der Waals surface area contributed by atoms with Crippen molar-refractivity contribution in [1.29, 1.82) is 0 Å². The maximum Gasteiger partial charge on any atom is 0.243 e. The van der Waals surface area contributed by atoms with Gasteiger partial charge in [-0.05, 0) is 47.5 Å². The average molecular weight is 471 g/mol. The smallest absolute Gasteiger partial charge is 0.243 e. The first-order chi connectivity index (χ1) is 14.9. The zero-order valence-electron chi connectivity index (χ0n) is 16.8. The molecule has 1 aromatic heterocycles. The SMILES string of the molecule is O=C(CSc1nnnn1CC1CCCO1)N1CCN(S(=O)(=O)c2ccc(F)cc2)CC1. The molecule has 0 N–H and O–H groups in total. The van der Waals surface area contributed by atoms with Crippen molar-refractivity contribution < 1.29 is 22.3 Å². The summed E-state index contributed by atoms with van der Waals surface area (Å²) in [6.07, 6.45) is 2.08. The molecule has 4 rings (SSSR count). The zero-order valence-corrected chi connectivity index (χ0v) is 18.4. The molecule has 13 heteroatoms. The average Bonchev–Trinajstić information content (AvgIpc) is 3.45. The Bertz CT molecular complexity index is 1000. The van der Waals surface area contributed by atoms with Crippen molar-refractivity contribution in [3.05, 3.63) is 30.1 Å². The van der Waals surface area contributed by atoms with Crippen LogP contribution in [-0.2, 0) is 26.1 Å². The van der Waals surface area contributed by atoms with E-state index in [9.17, 15) is 17.6 Å². The van der Waals surface area contributed by atoms with Crippen molar-refractivity contribution in [2.45, 2.75) is 35.5 Å². The molecular formula is C18H23FN6O4S2. The van der Waals surface area contributed by atoms with E-state index >= 15 is 0 Å². The van der Waals surface area contributed by atoms with Crippen molar-refractivity contribution in [3.8, 4) is 0 Å². The Kier molecular flexibility index (Phi) is 6.84. The van der Waals surface area contributed by atoms with E-state index < -0.39 is 15.8 Å². The summed E-state index contributed by atoms with van der Waals surface area (Å²) in [7, 11) is -3.71. The van der Waals surface area contributed by atoms with Gasteiger partial charge in [-0.25, -0.2) is 17.5 Å². The van der Waals surface area contributed by atoms with Crippen molar-refractivity contribution in [2.75, 3.05) is 38.5 Å². The number of thioether (sulfide) groups is 1. The van der Waals surface area contributed by atoms with Gasteiger partial charge in [0.2, 0.25) is 21.1 Å². The summed E-state index contributed by atoms with van der Waals surface area (Å²) in [5, 5.41) is 12.2. The molecule has 3 heterocycles. The molecule has 0 saturated carbocycles. The quantitative estimate of drug-likeness (QED) is 0.542. The first-order valence-electron chi connectivity index (χ1n) is 9.97. The van der Waals surface area contributed by atoms with E-state index in [1.165, 1.54) is 28.2 Å². The van der Waals surface area contributed by atoms with Gasteiger partial charge >= 0.3 is 0 Å². The number of halogens is 1. The largest absolute Gasteiger partial charge is 0.376 e. The fourth-order valence-corrected chi connectivity index (χ4v) is 5.76. The molecule has 2 aromatic rings. The number of rotatable bonds is 7. The van der Waals surface area contributed by atoms with Crippen molar-refractivity contribution in [2.24, 2.45) is 0 Å². The lowest BCUT2D eigenvalue weighted by atomic mass is 10.2. The number of hydrogen-bond acceptors (Lipinski definition) is 8. The minimum atomic E-state index is -3.71. The predicted octanol–water partition coefficient (Wildman–Crippen LogP) is 0.616. The van der Waals surface area contributed by atoms with Crippen LogP contribution in [0, 0.1) is 5.82 Å². The summed E-state index contributed by atoms with van der Waals surface area (Å²) >= 11 is 1.26. The van der Waals surface area contributed by atoms with Gasteiger partial charge in [-0.3, -0.25) is 4.79 Å². The number of hydrogen-bond donors (Lipinski definition) is 0. The van der Waals surface area contributed by atoms with Crippen LogP contribution in [0.5, 0.6) is 0 Å². The Hall–Kier alpha value is -2.09. The highest BCUT2D eigenvalue weighted by Gasteiger charge is 2.30. The number of carbonyl (C=O) groups is 1. The van der Waals surface area contributed by atoms with Gasteiger partial charge in [-0.15, -0.1) is 5.10 Å². The molecule has 168 valence electrons. The Morgan fingerprint density at radius 2 is 1.94 bits per heavy atom. The van der Waals surface area contributed by atoms with E-state index in [0.29, 0.717) is 24.8 Å². The van der Waals surface area contributed by atoms with Crippen LogP contribution in [0.25, 0.3) is 0 Å². The summed E-state index contributed by atoms with van der Waals surface area (Å²) < 4.78 is 47.1. The molecule has 0 aliphatic carbocycles. The number of aromatic nitrogens is 4. The van der Waals surface area contributed by atoms with Gasteiger partial charge in [0, 0.05) is 32.8 Å². The van der Waals surface area contributed by atoms with Crippen LogP contribution in [0.15, 0.2) is 34.3 Å². The fourth-order valence-electron chi connectivity index (χ4n) is 3.55. The number of tetrazole rings is 1. The number of ether oxygens (including phenoxy) is 1. The summed E-state index contributed by atoms with van der Waals surface area (Å²) in [5.74, 6) is -0.430. The van der Waals surface area contributed by atoms with Crippen LogP contribution in [0.4, 0.5) is 4.39 Å². The summed E-state index contributed by atoms with van der Waals surface area (Å²) in [6, 6.07) is 4.74. The number of piperazine rings is 1. The lowest BCUT2D eigenvalue weighted by molar-refractivity contribution is -0.129. The summed E-state index contributed by atoms with van der Waals surface area (Å²) in [4.78, 5) is 14.3. The van der Waals surface area contributed by atoms with Crippen molar-refractivity contribution >= 4 is 27.7 Å². The topological polar surface area (TPSA) is 111 Å². The van der Waals surface area contributed by atoms with Gasteiger partial charge < -0.3 is 9.64 Å². The molecule has 2 fully saturated rings. The summed E-state index contributed by atoms with van der Waals surface area (Å²) in [5.41, 5.74) is 0. The molecule has 1 amide bonds. The molecule has 0 radical (unpaired) electrons. The lowest BCUT2D eigenvalue weighted by Crippen LogP contribution is -2.51. The molecule has 1 aromatic carbocycles. The van der Waals surface area contributed by atoms with Crippen LogP contribution < -0.4 is 0 Å². The third-order valence-corrected chi connectivity index (χ3v) is 8.12.